The van der Waals surface area contributed by atoms with Crippen molar-refractivity contribution in [3.05, 3.63) is 71.5 Å². The summed E-state index contributed by atoms with van der Waals surface area (Å²) in [6, 6.07) is 15.3. The monoisotopic (exact) mass is 446 g/mol. The first-order valence-corrected chi connectivity index (χ1v) is 12.2. The standard InChI is InChI=1S/C23H27FN2O4S/c24-21-11-5-4-10-20(21)23(28)26-14-12-19(13-15-26)25-22(27)17-31(29,30)16-6-9-18-7-2-1-3-8-18/h1-5,7-8,10-11,19H,6,9,12-17H2,(H,25,27). The number of carbonyl (C=O) groups is 2. The van der Waals surface area contributed by atoms with E-state index in [-0.39, 0.29) is 23.3 Å². The predicted molar refractivity (Wildman–Crippen MR) is 117 cm³/mol. The van der Waals surface area contributed by atoms with Crippen LogP contribution in [0.3, 0.4) is 0 Å². The highest BCUT2D eigenvalue weighted by atomic mass is 32.2. The van der Waals surface area contributed by atoms with Crippen LogP contribution in [0.1, 0.15) is 35.2 Å². The summed E-state index contributed by atoms with van der Waals surface area (Å²) < 4.78 is 38.3. The molecule has 3 rings (SSSR count). The Morgan fingerprint density at radius 3 is 2.32 bits per heavy atom. The van der Waals surface area contributed by atoms with Crippen LogP contribution in [0.4, 0.5) is 4.39 Å². The van der Waals surface area contributed by atoms with E-state index >= 15 is 0 Å². The zero-order valence-corrected chi connectivity index (χ0v) is 18.1. The lowest BCUT2D eigenvalue weighted by atomic mass is 10.0. The van der Waals surface area contributed by atoms with Gasteiger partial charge in [-0.25, -0.2) is 12.8 Å². The van der Waals surface area contributed by atoms with E-state index < -0.39 is 27.3 Å². The summed E-state index contributed by atoms with van der Waals surface area (Å²) in [5.41, 5.74) is 1.10. The Balaban J connectivity index is 1.41. The SMILES string of the molecule is O=C(CS(=O)(=O)CCCc1ccccc1)NC1CCN(C(=O)c2ccccc2F)CC1. The highest BCUT2D eigenvalue weighted by Gasteiger charge is 2.27. The van der Waals surface area contributed by atoms with Gasteiger partial charge in [-0.15, -0.1) is 0 Å². The van der Waals surface area contributed by atoms with Gasteiger partial charge < -0.3 is 10.2 Å². The van der Waals surface area contributed by atoms with Gasteiger partial charge in [0, 0.05) is 19.1 Å². The van der Waals surface area contributed by atoms with Crippen molar-refractivity contribution in [1.29, 1.82) is 0 Å². The van der Waals surface area contributed by atoms with Crippen LogP contribution < -0.4 is 5.32 Å². The minimum absolute atomic E-state index is 0.0339. The molecule has 0 bridgehead atoms. The van der Waals surface area contributed by atoms with Crippen molar-refractivity contribution in [2.75, 3.05) is 24.6 Å². The number of benzene rings is 2. The van der Waals surface area contributed by atoms with Gasteiger partial charge in [0.2, 0.25) is 5.91 Å². The summed E-state index contributed by atoms with van der Waals surface area (Å²) in [7, 11) is -3.48. The highest BCUT2D eigenvalue weighted by Crippen LogP contribution is 2.16. The number of rotatable bonds is 8. The van der Waals surface area contributed by atoms with Gasteiger partial charge in [-0.1, -0.05) is 42.5 Å². The molecule has 8 heteroatoms. The van der Waals surface area contributed by atoms with E-state index in [2.05, 4.69) is 5.32 Å². The second-order valence-corrected chi connectivity index (χ2v) is 9.98. The van der Waals surface area contributed by atoms with Crippen molar-refractivity contribution < 1.29 is 22.4 Å². The van der Waals surface area contributed by atoms with Crippen molar-refractivity contribution in [3.8, 4) is 0 Å². The Morgan fingerprint density at radius 1 is 1.00 bits per heavy atom. The zero-order chi connectivity index (χ0) is 22.3. The van der Waals surface area contributed by atoms with E-state index in [4.69, 9.17) is 0 Å². The van der Waals surface area contributed by atoms with Gasteiger partial charge >= 0.3 is 0 Å². The summed E-state index contributed by atoms with van der Waals surface area (Å²) in [5.74, 6) is -2.01. The fraction of sp³-hybridized carbons (Fsp3) is 0.391. The highest BCUT2D eigenvalue weighted by molar-refractivity contribution is 7.92. The van der Waals surface area contributed by atoms with E-state index in [0.29, 0.717) is 38.8 Å². The molecular formula is C23H27FN2O4S. The van der Waals surface area contributed by atoms with Crippen LogP contribution in [0.2, 0.25) is 0 Å². The average molecular weight is 447 g/mol. The Kier molecular flexibility index (Phi) is 7.79. The van der Waals surface area contributed by atoms with Gasteiger partial charge in [0.1, 0.15) is 11.6 Å². The summed E-state index contributed by atoms with van der Waals surface area (Å²) in [6.45, 7) is 0.754. The number of likely N-dealkylation sites (tertiary alicyclic amines) is 1. The molecular weight excluding hydrogens is 419 g/mol. The number of nitrogens with one attached hydrogen (secondary N) is 1. The van der Waals surface area contributed by atoms with Crippen molar-refractivity contribution in [1.82, 2.24) is 10.2 Å². The lowest BCUT2D eigenvalue weighted by molar-refractivity contribution is -0.119. The van der Waals surface area contributed by atoms with Crippen LogP contribution in [0.25, 0.3) is 0 Å². The maximum atomic E-state index is 13.8. The topological polar surface area (TPSA) is 83.6 Å². The van der Waals surface area contributed by atoms with Crippen LogP contribution in [0.15, 0.2) is 54.6 Å². The van der Waals surface area contributed by atoms with E-state index in [0.717, 1.165) is 5.56 Å². The van der Waals surface area contributed by atoms with Gasteiger partial charge in [-0.2, -0.15) is 0 Å². The molecule has 1 N–H and O–H groups in total. The van der Waals surface area contributed by atoms with Crippen molar-refractivity contribution in [2.45, 2.75) is 31.7 Å². The van der Waals surface area contributed by atoms with Crippen LogP contribution in [0, 0.1) is 5.82 Å². The van der Waals surface area contributed by atoms with E-state index in [9.17, 15) is 22.4 Å². The number of amides is 2. The molecule has 1 saturated heterocycles. The number of carbonyl (C=O) groups excluding carboxylic acids is 2. The molecule has 1 heterocycles. The van der Waals surface area contributed by atoms with Gasteiger partial charge in [0.15, 0.2) is 9.84 Å². The molecule has 0 atom stereocenters. The number of hydrogen-bond acceptors (Lipinski definition) is 4. The lowest BCUT2D eigenvalue weighted by Gasteiger charge is -2.32. The molecule has 31 heavy (non-hydrogen) atoms. The summed E-state index contributed by atoms with van der Waals surface area (Å²) in [6.07, 6.45) is 2.12. The molecule has 6 nitrogen and oxygen atoms in total. The number of hydrogen-bond donors (Lipinski definition) is 1. The van der Waals surface area contributed by atoms with Crippen molar-refractivity contribution in [2.24, 2.45) is 0 Å². The molecule has 2 amide bonds. The average Bonchev–Trinajstić information content (AvgIpc) is 2.74. The number of piperidine rings is 1. The van der Waals surface area contributed by atoms with E-state index in [1.54, 1.807) is 11.0 Å². The van der Waals surface area contributed by atoms with Crippen molar-refractivity contribution in [3.63, 3.8) is 0 Å². The molecule has 2 aromatic carbocycles. The molecule has 0 radical (unpaired) electrons. The summed E-state index contributed by atoms with van der Waals surface area (Å²) >= 11 is 0. The molecule has 2 aromatic rings. The van der Waals surface area contributed by atoms with Crippen LogP contribution in [-0.4, -0.2) is 55.8 Å². The second kappa shape index (κ2) is 10.5. The van der Waals surface area contributed by atoms with Gasteiger partial charge in [0.25, 0.3) is 5.91 Å². The third kappa shape index (κ3) is 6.89. The predicted octanol–water partition coefficient (Wildman–Crippen LogP) is 2.59. The number of aryl methyl sites for hydroxylation is 1. The minimum atomic E-state index is -3.48. The molecule has 0 saturated carbocycles. The van der Waals surface area contributed by atoms with Gasteiger partial charge in [-0.05, 0) is 43.4 Å². The maximum absolute atomic E-state index is 13.8. The maximum Gasteiger partial charge on any atom is 0.256 e. The van der Waals surface area contributed by atoms with Gasteiger partial charge in [-0.3, -0.25) is 9.59 Å². The number of sulfone groups is 1. The Bertz CT molecular complexity index is 1000. The number of nitrogens with zero attached hydrogens (tertiary/aromatic N) is 1. The molecule has 0 aliphatic carbocycles. The smallest absolute Gasteiger partial charge is 0.256 e. The minimum Gasteiger partial charge on any atom is -0.352 e. The molecule has 1 aliphatic heterocycles. The fourth-order valence-corrected chi connectivity index (χ4v) is 4.93. The Morgan fingerprint density at radius 2 is 1.65 bits per heavy atom. The largest absolute Gasteiger partial charge is 0.352 e. The first-order chi connectivity index (χ1) is 14.8. The molecule has 0 unspecified atom stereocenters. The fourth-order valence-electron chi connectivity index (χ4n) is 3.71. The van der Waals surface area contributed by atoms with Gasteiger partial charge in [0.05, 0.1) is 11.3 Å². The third-order valence-corrected chi connectivity index (χ3v) is 6.98. The third-order valence-electron chi connectivity index (χ3n) is 5.37. The second-order valence-electron chi connectivity index (χ2n) is 7.80. The molecule has 0 spiro atoms. The normalized spacial score (nSPS) is 14.9. The van der Waals surface area contributed by atoms with Crippen LogP contribution >= 0.6 is 0 Å². The van der Waals surface area contributed by atoms with Crippen LogP contribution in [0.5, 0.6) is 0 Å². The number of halogens is 1. The first kappa shape index (κ1) is 22.9. The molecule has 0 aromatic heterocycles. The Hall–Kier alpha value is -2.74. The molecule has 1 aliphatic rings. The van der Waals surface area contributed by atoms with Crippen LogP contribution in [-0.2, 0) is 21.1 Å². The summed E-state index contributed by atoms with van der Waals surface area (Å²) in [4.78, 5) is 26.2. The van der Waals surface area contributed by atoms with Crippen molar-refractivity contribution >= 4 is 21.7 Å². The lowest BCUT2D eigenvalue weighted by Crippen LogP contribution is -2.47. The quantitative estimate of drug-likeness (QED) is 0.676. The zero-order valence-electron chi connectivity index (χ0n) is 17.3. The molecule has 166 valence electrons. The first-order valence-electron chi connectivity index (χ1n) is 10.4. The summed E-state index contributed by atoms with van der Waals surface area (Å²) in [5, 5.41) is 2.76. The Labute approximate surface area is 182 Å². The van der Waals surface area contributed by atoms with E-state index in [1.165, 1.54) is 18.2 Å². The molecule has 1 fully saturated rings. The van der Waals surface area contributed by atoms with E-state index in [1.807, 2.05) is 30.3 Å².